The van der Waals surface area contributed by atoms with Crippen molar-refractivity contribution in [2.45, 2.75) is 158 Å². The zero-order chi connectivity index (χ0) is 44.4. The number of carbonyl (C=O) groups is 2. The molecule has 0 radical (unpaired) electrons. The molecule has 0 bridgehead atoms. The molecule has 4 aromatic rings. The number of esters is 2. The summed E-state index contributed by atoms with van der Waals surface area (Å²) in [6, 6.07) is 16.4. The number of thioether (sulfide) groups is 1. The first-order valence-corrected chi connectivity index (χ1v) is 22.1. The smallest absolute Gasteiger partial charge is 0.312 e. The molecule has 0 amide bonds. The second-order valence-electron chi connectivity index (χ2n) is 20.7. The summed E-state index contributed by atoms with van der Waals surface area (Å²) in [6.07, 6.45) is 1.19. The topological polar surface area (TPSA) is 93.1 Å². The van der Waals surface area contributed by atoms with Crippen LogP contribution in [0.3, 0.4) is 0 Å². The number of carbonyl (C=O) groups excluding carboxylic acids is 2. The van der Waals surface area contributed by atoms with Crippen molar-refractivity contribution in [1.29, 1.82) is 0 Å². The van der Waals surface area contributed by atoms with Gasteiger partial charge in [0.1, 0.15) is 23.0 Å². The second-order valence-corrected chi connectivity index (χ2v) is 21.9. The van der Waals surface area contributed by atoms with Crippen LogP contribution in [0, 0.1) is 27.7 Å². The van der Waals surface area contributed by atoms with Crippen LogP contribution in [0.25, 0.3) is 0 Å². The Morgan fingerprint density at radius 3 is 1.02 bits per heavy atom. The zero-order valence-corrected chi connectivity index (χ0v) is 39.6. The maximum Gasteiger partial charge on any atom is 0.312 e. The van der Waals surface area contributed by atoms with Crippen molar-refractivity contribution in [1.82, 2.24) is 0 Å². The highest BCUT2D eigenvalue weighted by Crippen LogP contribution is 2.42. The normalized spacial score (nSPS) is 12.5. The van der Waals surface area contributed by atoms with Crippen LogP contribution >= 0.6 is 11.8 Å². The minimum atomic E-state index is -0.340. The maximum atomic E-state index is 13.5. The Bertz CT molecular complexity index is 2030. The third kappa shape index (κ3) is 12.4. The van der Waals surface area contributed by atoms with Crippen molar-refractivity contribution in [2.75, 3.05) is 11.5 Å². The van der Waals surface area contributed by atoms with Crippen molar-refractivity contribution in [3.63, 3.8) is 0 Å². The standard InChI is InChI=1S/C52H70O6S/c1-31-21-35(45(55)39(25-31)49(5,6)7)29-37-23-33(3)27-41(51(11,12)13)47(37)57-43(53)17-19-59-20-18-44(54)58-48-38(24-34(4)28-42(48)52(14,15)16)30-36-22-32(2)26-40(46(36)56)50(8,9)10/h21-28,55-56H,17-20,29-30H2,1-16H3. The summed E-state index contributed by atoms with van der Waals surface area (Å²) in [4.78, 5) is 27.0. The van der Waals surface area contributed by atoms with Crippen molar-refractivity contribution < 1.29 is 29.3 Å². The van der Waals surface area contributed by atoms with E-state index in [0.29, 0.717) is 35.8 Å². The molecule has 0 aliphatic carbocycles. The molecule has 6 nitrogen and oxygen atoms in total. The maximum absolute atomic E-state index is 13.5. The van der Waals surface area contributed by atoms with Crippen LogP contribution in [-0.2, 0) is 44.1 Å². The molecule has 320 valence electrons. The van der Waals surface area contributed by atoms with Gasteiger partial charge in [0.05, 0.1) is 12.8 Å². The molecule has 59 heavy (non-hydrogen) atoms. The Balaban J connectivity index is 1.48. The number of hydrogen-bond acceptors (Lipinski definition) is 7. The molecule has 2 N–H and O–H groups in total. The van der Waals surface area contributed by atoms with E-state index in [0.717, 1.165) is 66.8 Å². The summed E-state index contributed by atoms with van der Waals surface area (Å²) < 4.78 is 12.4. The monoisotopic (exact) mass is 822 g/mol. The van der Waals surface area contributed by atoms with E-state index < -0.39 is 0 Å². The summed E-state index contributed by atoms with van der Waals surface area (Å²) >= 11 is 1.52. The Hall–Kier alpha value is -4.23. The van der Waals surface area contributed by atoms with E-state index in [4.69, 9.17) is 9.47 Å². The number of aromatic hydroxyl groups is 2. The van der Waals surface area contributed by atoms with E-state index in [9.17, 15) is 19.8 Å². The minimum absolute atomic E-state index is 0.174. The molecule has 0 atom stereocenters. The van der Waals surface area contributed by atoms with Gasteiger partial charge in [0, 0.05) is 35.5 Å². The molecule has 0 heterocycles. The largest absolute Gasteiger partial charge is 0.507 e. The molecule has 0 fully saturated rings. The lowest BCUT2D eigenvalue weighted by Crippen LogP contribution is -2.19. The van der Waals surface area contributed by atoms with Crippen molar-refractivity contribution >= 4 is 23.7 Å². The van der Waals surface area contributed by atoms with E-state index in [1.165, 1.54) is 11.8 Å². The molecule has 0 unspecified atom stereocenters. The predicted molar refractivity (Wildman–Crippen MR) is 246 cm³/mol. The Labute approximate surface area is 359 Å². The first kappa shape index (κ1) is 47.4. The van der Waals surface area contributed by atoms with E-state index >= 15 is 0 Å². The molecule has 0 aliphatic rings. The van der Waals surface area contributed by atoms with Crippen LogP contribution in [0.5, 0.6) is 23.0 Å². The number of ether oxygens (including phenoxy) is 2. The highest BCUT2D eigenvalue weighted by molar-refractivity contribution is 7.99. The van der Waals surface area contributed by atoms with Gasteiger partial charge in [-0.25, -0.2) is 0 Å². The van der Waals surface area contributed by atoms with Crippen LogP contribution in [-0.4, -0.2) is 33.7 Å². The predicted octanol–water partition coefficient (Wildman–Crippen LogP) is 12.7. The molecule has 4 aromatic carbocycles. The SMILES string of the molecule is Cc1cc(Cc2cc(C)cc(C(C)(C)C)c2OC(=O)CCSCCC(=O)Oc2c(Cc3cc(C)cc(C(C)(C)C)c3O)cc(C)cc2C(C)(C)C)c(O)c(C(C)(C)C)c1. The lowest BCUT2D eigenvalue weighted by molar-refractivity contribution is -0.134. The van der Waals surface area contributed by atoms with Crippen molar-refractivity contribution in [2.24, 2.45) is 0 Å². The van der Waals surface area contributed by atoms with E-state index in [-0.39, 0.29) is 57.9 Å². The Morgan fingerprint density at radius 2 is 0.729 bits per heavy atom. The average Bonchev–Trinajstić information content (AvgIpc) is 3.07. The summed E-state index contributed by atoms with van der Waals surface area (Å²) in [6.45, 7) is 33.4. The van der Waals surface area contributed by atoms with Gasteiger partial charge < -0.3 is 19.7 Å². The third-order valence-electron chi connectivity index (χ3n) is 10.6. The van der Waals surface area contributed by atoms with E-state index in [1.807, 2.05) is 64.1 Å². The molecular weight excluding hydrogens is 753 g/mol. The molecule has 7 heteroatoms. The molecule has 0 saturated carbocycles. The molecule has 0 aliphatic heterocycles. The third-order valence-corrected chi connectivity index (χ3v) is 11.6. The average molecular weight is 823 g/mol. The molecular formula is C52H70O6S. The van der Waals surface area contributed by atoms with Crippen LogP contribution < -0.4 is 9.47 Å². The summed E-state index contributed by atoms with van der Waals surface area (Å²) in [7, 11) is 0. The fourth-order valence-electron chi connectivity index (χ4n) is 7.59. The Morgan fingerprint density at radius 1 is 0.458 bits per heavy atom. The van der Waals surface area contributed by atoms with E-state index in [2.05, 4.69) is 95.2 Å². The van der Waals surface area contributed by atoms with Crippen molar-refractivity contribution in [3.8, 4) is 23.0 Å². The van der Waals surface area contributed by atoms with Crippen molar-refractivity contribution in [3.05, 3.63) is 115 Å². The molecule has 4 rings (SSSR count). The van der Waals surface area contributed by atoms with Crippen LogP contribution in [0.15, 0.2) is 48.5 Å². The number of phenols is 2. The Kier molecular flexibility index (Phi) is 14.6. The van der Waals surface area contributed by atoms with Gasteiger partial charge in [0.25, 0.3) is 0 Å². The van der Waals surface area contributed by atoms with Gasteiger partial charge in [0.2, 0.25) is 0 Å². The first-order chi connectivity index (χ1) is 27.1. The number of benzene rings is 4. The quantitative estimate of drug-likeness (QED) is 0.0835. The van der Waals surface area contributed by atoms with Gasteiger partial charge in [-0.05, 0) is 82.7 Å². The number of phenolic OH excluding ortho intramolecular Hbond substituents is 2. The van der Waals surface area contributed by atoms with Gasteiger partial charge in [-0.1, -0.05) is 154 Å². The first-order valence-electron chi connectivity index (χ1n) is 21.0. The van der Waals surface area contributed by atoms with E-state index in [1.54, 1.807) is 0 Å². The van der Waals surface area contributed by atoms with Gasteiger partial charge >= 0.3 is 11.9 Å². The molecule has 0 aromatic heterocycles. The van der Waals surface area contributed by atoms with Gasteiger partial charge in [0.15, 0.2) is 0 Å². The molecule has 0 saturated heterocycles. The van der Waals surface area contributed by atoms with Gasteiger partial charge in [-0.2, -0.15) is 11.8 Å². The fraction of sp³-hybridized carbons (Fsp3) is 0.500. The summed E-state index contributed by atoms with van der Waals surface area (Å²) in [5, 5.41) is 22.8. The van der Waals surface area contributed by atoms with Crippen LogP contribution in [0.2, 0.25) is 0 Å². The highest BCUT2D eigenvalue weighted by Gasteiger charge is 2.28. The molecule has 0 spiro atoms. The zero-order valence-electron chi connectivity index (χ0n) is 38.8. The lowest BCUT2D eigenvalue weighted by atomic mass is 9.81. The highest BCUT2D eigenvalue weighted by atomic mass is 32.2. The number of rotatable bonds is 12. The fourth-order valence-corrected chi connectivity index (χ4v) is 8.41. The van der Waals surface area contributed by atoms with Crippen LogP contribution in [0.1, 0.15) is 163 Å². The van der Waals surface area contributed by atoms with Gasteiger partial charge in [-0.15, -0.1) is 0 Å². The second kappa shape index (κ2) is 18.2. The van der Waals surface area contributed by atoms with Crippen LogP contribution in [0.4, 0.5) is 0 Å². The minimum Gasteiger partial charge on any atom is -0.507 e. The summed E-state index contributed by atoms with van der Waals surface area (Å²) in [5.74, 6) is 1.95. The lowest BCUT2D eigenvalue weighted by Gasteiger charge is -2.26. The summed E-state index contributed by atoms with van der Waals surface area (Å²) in [5.41, 5.74) is 10.2. The van der Waals surface area contributed by atoms with Gasteiger partial charge in [-0.3, -0.25) is 9.59 Å². The number of hydrogen-bond donors (Lipinski definition) is 2. The number of aryl methyl sites for hydroxylation is 4.